The van der Waals surface area contributed by atoms with E-state index in [0.717, 1.165) is 54.9 Å². The van der Waals surface area contributed by atoms with Crippen LogP contribution in [0.1, 0.15) is 76.6 Å². The lowest BCUT2D eigenvalue weighted by Crippen LogP contribution is -2.17. The van der Waals surface area contributed by atoms with Gasteiger partial charge >= 0.3 is 5.97 Å². The van der Waals surface area contributed by atoms with Crippen LogP contribution in [0.3, 0.4) is 0 Å². The summed E-state index contributed by atoms with van der Waals surface area (Å²) in [7, 11) is 1.90. The van der Waals surface area contributed by atoms with Crippen LogP contribution in [-0.2, 0) is 71.7 Å². The van der Waals surface area contributed by atoms with E-state index in [1.165, 1.54) is 14.4 Å². The van der Waals surface area contributed by atoms with Gasteiger partial charge in [-0.1, -0.05) is 84.0 Å². The van der Waals surface area contributed by atoms with Gasteiger partial charge in [-0.2, -0.15) is 0 Å². The van der Waals surface area contributed by atoms with Crippen molar-refractivity contribution < 1.29 is 28.5 Å². The predicted octanol–water partition coefficient (Wildman–Crippen LogP) is 7.16. The van der Waals surface area contributed by atoms with Gasteiger partial charge in [-0.25, -0.2) is 4.79 Å². The van der Waals surface area contributed by atoms with E-state index in [2.05, 4.69) is 77.4 Å². The summed E-state index contributed by atoms with van der Waals surface area (Å²) in [5.74, 6) is 0.442. The van der Waals surface area contributed by atoms with Crippen molar-refractivity contribution in [1.29, 1.82) is 0 Å². The summed E-state index contributed by atoms with van der Waals surface area (Å²) >= 11 is 4.60. The summed E-state index contributed by atoms with van der Waals surface area (Å²) in [6, 6.07) is 14.0. The second-order valence-electron chi connectivity index (χ2n) is 11.0. The first-order chi connectivity index (χ1) is 20.5. The number of hydrogen-bond donors (Lipinski definition) is 0. The van der Waals surface area contributed by atoms with Gasteiger partial charge in [0.05, 0.1) is 26.4 Å². The molecule has 0 aliphatic carbocycles. The molecular formula is C34H56O6S3. The molecule has 2 rings (SSSR count). The lowest BCUT2D eigenvalue weighted by Gasteiger charge is -2.23. The van der Waals surface area contributed by atoms with Crippen molar-refractivity contribution in [3.63, 3.8) is 0 Å². The van der Waals surface area contributed by atoms with Gasteiger partial charge in [-0.15, -0.1) is 9.45 Å². The molecule has 0 N–H and O–H groups in total. The molecule has 0 aromatic heterocycles. The fourth-order valence-corrected chi connectivity index (χ4v) is 3.49. The molecule has 246 valence electrons. The number of carbonyl (C=O) groups is 1. The van der Waals surface area contributed by atoms with Crippen LogP contribution in [-0.4, -0.2) is 64.7 Å². The summed E-state index contributed by atoms with van der Waals surface area (Å²) in [6.07, 6.45) is 7.22. The van der Waals surface area contributed by atoms with Gasteiger partial charge in [0.25, 0.3) is 0 Å². The molecule has 2 aromatic rings. The van der Waals surface area contributed by atoms with E-state index in [0.29, 0.717) is 35.9 Å². The number of carbonyl (C=O) groups excluding carboxylic acids is 1. The number of benzene rings is 2. The van der Waals surface area contributed by atoms with Crippen LogP contribution in [0, 0.1) is 6.92 Å². The average molecular weight is 657 g/mol. The van der Waals surface area contributed by atoms with Crippen molar-refractivity contribution >= 4 is 35.5 Å². The molecule has 0 bridgehead atoms. The summed E-state index contributed by atoms with van der Waals surface area (Å²) in [4.78, 5) is 12.0. The third kappa shape index (κ3) is 21.7. The van der Waals surface area contributed by atoms with Crippen LogP contribution in [0.5, 0.6) is 5.75 Å². The molecule has 0 spiro atoms. The fraction of sp³-hybridized carbons (Fsp3) is 0.618. The van der Waals surface area contributed by atoms with Crippen LogP contribution in [0.4, 0.5) is 0 Å². The van der Waals surface area contributed by atoms with Gasteiger partial charge in [-0.05, 0) is 86.4 Å². The molecule has 0 aliphatic heterocycles. The summed E-state index contributed by atoms with van der Waals surface area (Å²) in [5, 5.41) is 0. The standard InChI is InChI=1S/C22H28O3.C10H22O3.C2H6S3/c1-6-18-13-19(22(3,4)5)12-16(2)21(18)25-15-20(23)24-14-17-10-8-7-9-11-17;1-3-5-11-7-9-13-10-8-12-6-4-2;1-5(2)4-3/h7-13H,6,14-15H2,1-5H3;3-10H2,1-2H3;1-2H3. The zero-order chi connectivity index (χ0) is 32.5. The van der Waals surface area contributed by atoms with E-state index in [1.54, 1.807) is 0 Å². The largest absolute Gasteiger partial charge is 0.481 e. The van der Waals surface area contributed by atoms with Crippen molar-refractivity contribution in [2.24, 2.45) is 0 Å². The van der Waals surface area contributed by atoms with Crippen molar-refractivity contribution in [2.75, 3.05) is 58.8 Å². The second kappa shape index (κ2) is 25.7. The molecule has 0 saturated heterocycles. The van der Waals surface area contributed by atoms with Crippen molar-refractivity contribution in [1.82, 2.24) is 0 Å². The Kier molecular flexibility index (Phi) is 24.7. The highest BCUT2D eigenvalue weighted by Crippen LogP contribution is 2.31. The zero-order valence-corrected chi connectivity index (χ0v) is 30.4. The van der Waals surface area contributed by atoms with E-state index in [9.17, 15) is 4.79 Å². The molecule has 6 nitrogen and oxygen atoms in total. The van der Waals surface area contributed by atoms with E-state index in [-0.39, 0.29) is 24.6 Å². The number of ether oxygens (including phenoxy) is 5. The minimum absolute atomic E-state index is 0.0739. The third-order valence-corrected chi connectivity index (χ3v) is 9.29. The highest BCUT2D eigenvalue weighted by molar-refractivity contribution is 8.48. The topological polar surface area (TPSA) is 63.2 Å². The monoisotopic (exact) mass is 656 g/mol. The molecule has 0 saturated carbocycles. The normalized spacial score (nSPS) is 10.7. The summed E-state index contributed by atoms with van der Waals surface area (Å²) in [6.45, 7) is 19.5. The van der Waals surface area contributed by atoms with Gasteiger partial charge in [-0.3, -0.25) is 0 Å². The van der Waals surface area contributed by atoms with Gasteiger partial charge in [0.1, 0.15) is 12.4 Å². The van der Waals surface area contributed by atoms with E-state index >= 15 is 0 Å². The highest BCUT2D eigenvalue weighted by atomic mass is 33.1. The molecule has 0 amide bonds. The average Bonchev–Trinajstić information content (AvgIpc) is 2.99. The quantitative estimate of drug-likeness (QED) is 0.140. The van der Waals surface area contributed by atoms with Crippen LogP contribution < -0.4 is 4.74 Å². The first-order valence-corrected chi connectivity index (χ1v) is 19.4. The second-order valence-corrected chi connectivity index (χ2v) is 16.2. The van der Waals surface area contributed by atoms with Crippen LogP contribution in [0.15, 0.2) is 42.5 Å². The number of rotatable bonds is 16. The molecule has 0 fully saturated rings. The number of aryl methyl sites for hydroxylation is 2. The Morgan fingerprint density at radius 1 is 0.860 bits per heavy atom. The Bertz CT molecular complexity index is 1050. The van der Waals surface area contributed by atoms with Crippen LogP contribution in [0.2, 0.25) is 0 Å². The Hall–Kier alpha value is -1.62. The Morgan fingerprint density at radius 3 is 1.81 bits per heavy atom. The molecule has 0 aliphatic rings. The molecule has 0 atom stereocenters. The SMILES string of the molecule is CCCOCCOCCOCCC.CCc1cc(C(C)(C)C)cc(C)c1OCC(=O)OCc1ccccc1.CS(C)=S=S. The minimum Gasteiger partial charge on any atom is -0.481 e. The molecule has 0 heterocycles. The lowest BCUT2D eigenvalue weighted by molar-refractivity contribution is -0.147. The molecule has 43 heavy (non-hydrogen) atoms. The lowest BCUT2D eigenvalue weighted by atomic mass is 9.84. The zero-order valence-electron chi connectivity index (χ0n) is 28.0. The van der Waals surface area contributed by atoms with Gasteiger partial charge < -0.3 is 23.7 Å². The predicted molar refractivity (Wildman–Crippen MR) is 188 cm³/mol. The van der Waals surface area contributed by atoms with Crippen molar-refractivity contribution in [3.8, 4) is 5.75 Å². The van der Waals surface area contributed by atoms with Crippen molar-refractivity contribution in [3.05, 3.63) is 64.7 Å². The minimum atomic E-state index is -0.356. The van der Waals surface area contributed by atoms with E-state index in [1.807, 2.05) is 37.3 Å². The first-order valence-electron chi connectivity index (χ1n) is 15.1. The molecular weight excluding hydrogens is 601 g/mol. The van der Waals surface area contributed by atoms with E-state index < -0.39 is 0 Å². The molecule has 2 aromatic carbocycles. The number of hydrogen-bond acceptors (Lipinski definition) is 7. The number of esters is 1. The maximum Gasteiger partial charge on any atom is 0.344 e. The smallest absolute Gasteiger partial charge is 0.344 e. The third-order valence-electron chi connectivity index (χ3n) is 5.75. The molecule has 9 heteroatoms. The molecule has 0 unspecified atom stereocenters. The first kappa shape index (κ1) is 41.4. The van der Waals surface area contributed by atoms with Gasteiger partial charge in [0, 0.05) is 13.2 Å². The van der Waals surface area contributed by atoms with E-state index in [4.69, 9.17) is 23.7 Å². The van der Waals surface area contributed by atoms with Crippen LogP contribution in [0.25, 0.3) is 0 Å². The fourth-order valence-electron chi connectivity index (χ4n) is 3.49. The molecule has 0 radical (unpaired) electrons. The van der Waals surface area contributed by atoms with Gasteiger partial charge in [0.15, 0.2) is 6.61 Å². The maximum atomic E-state index is 12.0. The Labute approximate surface area is 272 Å². The Morgan fingerprint density at radius 2 is 1.37 bits per heavy atom. The highest BCUT2D eigenvalue weighted by Gasteiger charge is 2.18. The van der Waals surface area contributed by atoms with Crippen LogP contribution >= 0.6 is 0 Å². The summed E-state index contributed by atoms with van der Waals surface area (Å²) < 4.78 is 26.8. The Balaban J connectivity index is 0.000000819. The summed E-state index contributed by atoms with van der Waals surface area (Å²) in [5.41, 5.74) is 4.51. The van der Waals surface area contributed by atoms with Crippen molar-refractivity contribution in [2.45, 2.75) is 79.8 Å². The maximum absolute atomic E-state index is 12.0. The van der Waals surface area contributed by atoms with Gasteiger partial charge in [0.2, 0.25) is 0 Å².